The summed E-state index contributed by atoms with van der Waals surface area (Å²) < 4.78 is 36.2. The second kappa shape index (κ2) is 10.7. The highest BCUT2D eigenvalue weighted by atomic mass is 31.2. The van der Waals surface area contributed by atoms with Gasteiger partial charge in [0.15, 0.2) is 0 Å². The number of methoxy groups -OCH3 is 1. The summed E-state index contributed by atoms with van der Waals surface area (Å²) in [6, 6.07) is 1.74. The van der Waals surface area contributed by atoms with Crippen molar-refractivity contribution in [3.05, 3.63) is 59.7 Å². The number of esters is 1. The van der Waals surface area contributed by atoms with Crippen LogP contribution in [-0.2, 0) is 23.1 Å². The fourth-order valence-electron chi connectivity index (χ4n) is 6.89. The summed E-state index contributed by atoms with van der Waals surface area (Å²) in [6.45, 7) is 4.97. The van der Waals surface area contributed by atoms with Crippen LogP contribution in [-0.4, -0.2) is 80.0 Å². The van der Waals surface area contributed by atoms with E-state index in [9.17, 15) is 9.36 Å². The monoisotopic (exact) mass is 543 g/mol. The molecule has 2 aliphatic carbocycles. The number of fused-ring (bicyclic) bond motifs is 2. The first-order valence-corrected chi connectivity index (χ1v) is 14.9. The van der Waals surface area contributed by atoms with Crippen molar-refractivity contribution in [2.45, 2.75) is 38.3 Å². The molecule has 206 valence electrons. The molecule has 5 atom stereocenters. The number of carbonyl (C=O) groups is 1. The van der Waals surface area contributed by atoms with Gasteiger partial charge in [0.05, 0.1) is 36.3 Å². The lowest BCUT2D eigenvalue weighted by Gasteiger charge is -2.58. The molecule has 2 fully saturated rings. The fraction of sp³-hybridized carbons (Fsp3) is 0.571. The molecule has 5 rings (SSSR count). The highest BCUT2D eigenvalue weighted by molar-refractivity contribution is 7.62. The zero-order valence-corrected chi connectivity index (χ0v) is 23.7. The lowest BCUT2D eigenvalue weighted by Crippen LogP contribution is -2.66. The van der Waals surface area contributed by atoms with Crippen molar-refractivity contribution in [2.24, 2.45) is 17.8 Å². The molecule has 0 N–H and O–H groups in total. The minimum atomic E-state index is -3.56. The zero-order chi connectivity index (χ0) is 27.1. The summed E-state index contributed by atoms with van der Waals surface area (Å²) in [6.07, 6.45) is 13.5. The number of piperidine rings is 1. The van der Waals surface area contributed by atoms with Gasteiger partial charge in [-0.2, -0.15) is 0 Å². The van der Waals surface area contributed by atoms with Gasteiger partial charge in [-0.15, -0.1) is 0 Å². The highest BCUT2D eigenvalue weighted by Gasteiger charge is 2.59. The first-order valence-electron chi connectivity index (χ1n) is 13.3. The van der Waals surface area contributed by atoms with Gasteiger partial charge < -0.3 is 23.4 Å². The van der Waals surface area contributed by atoms with Crippen LogP contribution < -0.4 is 5.30 Å². The molecule has 4 aliphatic rings. The van der Waals surface area contributed by atoms with Gasteiger partial charge in [-0.3, -0.25) is 14.4 Å². The third-order valence-corrected chi connectivity index (χ3v) is 10.4. The third-order valence-electron chi connectivity index (χ3n) is 8.38. The molecule has 0 bridgehead atoms. The van der Waals surface area contributed by atoms with E-state index in [0.29, 0.717) is 5.92 Å². The van der Waals surface area contributed by atoms with Crippen LogP contribution in [0.1, 0.15) is 37.0 Å². The van der Waals surface area contributed by atoms with Crippen molar-refractivity contribution in [3.63, 3.8) is 0 Å². The van der Waals surface area contributed by atoms with Crippen LogP contribution in [0.5, 0.6) is 0 Å². The Morgan fingerprint density at radius 2 is 1.97 bits per heavy atom. The van der Waals surface area contributed by atoms with Gasteiger partial charge >= 0.3 is 13.6 Å². The Hall–Kier alpha value is -2.29. The number of likely N-dealkylation sites (N-methyl/N-ethyl adjacent to an activating group) is 1. The van der Waals surface area contributed by atoms with Crippen LogP contribution in [0.2, 0.25) is 0 Å². The van der Waals surface area contributed by atoms with Gasteiger partial charge in [-0.1, -0.05) is 12.2 Å². The molecule has 1 aromatic heterocycles. The topological polar surface area (TPSA) is 90.4 Å². The van der Waals surface area contributed by atoms with Crippen LogP contribution in [0, 0.1) is 17.8 Å². The van der Waals surface area contributed by atoms with E-state index in [1.807, 2.05) is 7.11 Å². The molecule has 3 heterocycles. The molecule has 0 radical (unpaired) electrons. The Bertz CT molecular complexity index is 1200. The van der Waals surface area contributed by atoms with E-state index in [2.05, 4.69) is 53.3 Å². The average molecular weight is 544 g/mol. The highest BCUT2D eigenvalue weighted by Crippen LogP contribution is 2.56. The molecule has 9 nitrogen and oxygen atoms in total. The van der Waals surface area contributed by atoms with E-state index < -0.39 is 13.6 Å². The number of allylic oxidation sites excluding steroid dienone is 3. The number of ether oxygens (including phenoxy) is 2. The van der Waals surface area contributed by atoms with E-state index >= 15 is 0 Å². The minimum Gasteiger partial charge on any atom is -0.462 e. The molecule has 2 aliphatic heterocycles. The quantitative estimate of drug-likeness (QED) is 0.341. The normalized spacial score (nSPS) is 30.4. The number of rotatable bonds is 9. The number of hydrogen-bond donors (Lipinski definition) is 0. The average Bonchev–Trinajstić information content (AvgIpc) is 3.24. The molecule has 0 amide bonds. The summed E-state index contributed by atoms with van der Waals surface area (Å²) in [4.78, 5) is 21.8. The van der Waals surface area contributed by atoms with E-state index in [0.717, 1.165) is 19.4 Å². The van der Waals surface area contributed by atoms with E-state index in [-0.39, 0.29) is 54.2 Å². The van der Waals surface area contributed by atoms with Gasteiger partial charge in [0, 0.05) is 68.8 Å². The molecule has 0 aromatic carbocycles. The predicted molar refractivity (Wildman–Crippen MR) is 144 cm³/mol. The molecule has 1 aromatic rings. The summed E-state index contributed by atoms with van der Waals surface area (Å²) in [7, 11) is 2.52. The predicted octanol–water partition coefficient (Wildman–Crippen LogP) is 3.75. The Morgan fingerprint density at radius 1 is 1.21 bits per heavy atom. The Labute approximate surface area is 225 Å². The largest absolute Gasteiger partial charge is 0.462 e. The molecular weight excluding hydrogens is 505 g/mol. The number of hydrogen-bond acceptors (Lipinski definition) is 9. The van der Waals surface area contributed by atoms with Crippen LogP contribution in [0.15, 0.2) is 54.2 Å². The van der Waals surface area contributed by atoms with Crippen molar-refractivity contribution in [1.82, 2.24) is 14.8 Å². The van der Waals surface area contributed by atoms with Gasteiger partial charge in [0.25, 0.3) is 0 Å². The number of nitrogens with zero attached hydrogens (tertiary/aromatic N) is 3. The number of likely N-dealkylation sites (tertiary alicyclic amines) is 1. The number of aromatic nitrogens is 1. The number of pyridine rings is 1. The van der Waals surface area contributed by atoms with Crippen molar-refractivity contribution in [3.8, 4) is 0 Å². The van der Waals surface area contributed by atoms with Crippen LogP contribution in [0.4, 0.5) is 0 Å². The van der Waals surface area contributed by atoms with E-state index in [1.54, 1.807) is 13.8 Å². The van der Waals surface area contributed by atoms with Crippen LogP contribution in [0.3, 0.4) is 0 Å². The van der Waals surface area contributed by atoms with Crippen molar-refractivity contribution in [2.75, 3.05) is 47.6 Å². The SMILES string of the molecule is CCOP(=O)(OCC)c1cncc(C(=O)OCC2CN(C)C3CC4=CN(C)C5=CC=CC(C45)[C@]3(OC)C2)c1. The fourth-order valence-corrected chi connectivity index (χ4v) is 8.45. The molecule has 4 unspecified atom stereocenters. The van der Waals surface area contributed by atoms with Crippen molar-refractivity contribution >= 4 is 18.9 Å². The lowest BCUT2D eigenvalue weighted by molar-refractivity contribution is -0.162. The lowest BCUT2D eigenvalue weighted by atomic mass is 9.58. The minimum absolute atomic E-state index is 0.0988. The van der Waals surface area contributed by atoms with Gasteiger partial charge in [-0.05, 0) is 51.5 Å². The van der Waals surface area contributed by atoms with E-state index in [4.69, 9.17) is 18.5 Å². The molecule has 10 heteroatoms. The maximum atomic E-state index is 13.1. The third kappa shape index (κ3) is 4.58. The van der Waals surface area contributed by atoms with Crippen LogP contribution in [0.25, 0.3) is 0 Å². The number of carbonyl (C=O) groups excluding carboxylic acids is 1. The van der Waals surface area contributed by atoms with Crippen molar-refractivity contribution < 1.29 is 27.9 Å². The molecule has 1 saturated heterocycles. The summed E-state index contributed by atoms with van der Waals surface area (Å²) in [5.74, 6) is 0.137. The van der Waals surface area contributed by atoms with Gasteiger partial charge in [0.2, 0.25) is 0 Å². The maximum absolute atomic E-state index is 13.1. The Kier molecular flexibility index (Phi) is 7.68. The first-order chi connectivity index (χ1) is 18.3. The zero-order valence-electron chi connectivity index (χ0n) is 22.8. The second-order valence-corrected chi connectivity index (χ2v) is 12.6. The molecular formula is C28H38N3O6P. The molecule has 0 spiro atoms. The summed E-state index contributed by atoms with van der Waals surface area (Å²) in [5, 5.41) is 0.245. The standard InChI is InChI=1S/C28H38N3O6P/c1-6-36-38(33,37-7-2)22-11-20(14-29-15-22)27(32)35-18-19-13-28(34-5)23-9-8-10-24-26(23)21(17-30(24)3)12-25(28)31(4)16-19/h8-11,14-15,17,19,23,25-26H,6-7,12-13,16,18H2,1-5H3/t19?,23?,25?,26?,28-/m1/s1. The Morgan fingerprint density at radius 3 is 2.68 bits per heavy atom. The first kappa shape index (κ1) is 27.3. The van der Waals surface area contributed by atoms with Crippen molar-refractivity contribution in [1.29, 1.82) is 0 Å². The van der Waals surface area contributed by atoms with Crippen LogP contribution >= 0.6 is 7.60 Å². The maximum Gasteiger partial charge on any atom is 0.362 e. The smallest absolute Gasteiger partial charge is 0.362 e. The summed E-state index contributed by atoms with van der Waals surface area (Å²) in [5.41, 5.74) is 2.63. The van der Waals surface area contributed by atoms with Gasteiger partial charge in [0.1, 0.15) is 0 Å². The molecule has 38 heavy (non-hydrogen) atoms. The second-order valence-electron chi connectivity index (χ2n) is 10.5. The van der Waals surface area contributed by atoms with E-state index in [1.165, 1.54) is 29.7 Å². The van der Waals surface area contributed by atoms with Gasteiger partial charge in [-0.25, -0.2) is 4.79 Å². The Balaban J connectivity index is 1.31. The summed E-state index contributed by atoms with van der Waals surface area (Å²) >= 11 is 0. The molecule has 1 saturated carbocycles.